The third-order valence-electron chi connectivity index (χ3n) is 1.50. The van der Waals surface area contributed by atoms with Crippen molar-refractivity contribution in [3.8, 4) is 0 Å². The first-order chi connectivity index (χ1) is 5.29. The second-order valence-corrected chi connectivity index (χ2v) is 2.61. The van der Waals surface area contributed by atoms with Crippen LogP contribution < -0.4 is 0 Å². The molecule has 1 heterocycles. The second-order valence-electron chi connectivity index (χ2n) is 2.61. The average molecular weight is 153 g/mol. The Morgan fingerprint density at radius 1 is 1.64 bits per heavy atom. The van der Waals surface area contributed by atoms with E-state index in [0.29, 0.717) is 13.0 Å². The van der Waals surface area contributed by atoms with E-state index in [9.17, 15) is 4.79 Å². The zero-order valence-corrected chi connectivity index (χ0v) is 6.58. The second kappa shape index (κ2) is 3.95. The van der Waals surface area contributed by atoms with Gasteiger partial charge in [0.15, 0.2) is 0 Å². The van der Waals surface area contributed by atoms with E-state index >= 15 is 0 Å². The van der Waals surface area contributed by atoms with Crippen molar-refractivity contribution < 1.29 is 4.79 Å². The van der Waals surface area contributed by atoms with Crippen LogP contribution in [0.2, 0.25) is 0 Å². The molecule has 0 bridgehead atoms. The molecule has 60 valence electrons. The highest BCUT2D eigenvalue weighted by molar-refractivity contribution is 5.87. The summed E-state index contributed by atoms with van der Waals surface area (Å²) in [6, 6.07) is 0. The molecular formula is C7H11N3O. The Kier molecular flexibility index (Phi) is 2.89. The van der Waals surface area contributed by atoms with Crippen LogP contribution in [0, 0.1) is 0 Å². The van der Waals surface area contributed by atoms with Gasteiger partial charge in [0.25, 0.3) is 0 Å². The van der Waals surface area contributed by atoms with Crippen molar-refractivity contribution in [2.75, 3.05) is 6.54 Å². The van der Waals surface area contributed by atoms with Gasteiger partial charge in [0, 0.05) is 6.42 Å². The van der Waals surface area contributed by atoms with Crippen molar-refractivity contribution in [2.45, 2.75) is 26.2 Å². The molecule has 0 spiro atoms. The molecular weight excluding hydrogens is 142 g/mol. The zero-order chi connectivity index (χ0) is 8.10. The molecule has 1 aliphatic heterocycles. The number of rotatable bonds is 4. The molecule has 0 unspecified atom stereocenters. The Hall–Kier alpha value is -1.06. The number of Topliss-reactive ketones (excluding diaryl/α,β-unsaturated/α-hetero) is 1. The Morgan fingerprint density at radius 2 is 2.45 bits per heavy atom. The molecule has 0 saturated carbocycles. The molecule has 4 nitrogen and oxygen atoms in total. The zero-order valence-electron chi connectivity index (χ0n) is 6.58. The monoisotopic (exact) mass is 153 g/mol. The molecule has 0 N–H and O–H groups in total. The minimum Gasteiger partial charge on any atom is -0.300 e. The molecule has 4 heteroatoms. The summed E-state index contributed by atoms with van der Waals surface area (Å²) in [6.07, 6.45) is 2.37. The highest BCUT2D eigenvalue weighted by Gasteiger charge is 2.03. The molecule has 1 rings (SSSR count). The van der Waals surface area contributed by atoms with Gasteiger partial charge >= 0.3 is 0 Å². The summed E-state index contributed by atoms with van der Waals surface area (Å²) in [6.45, 7) is 2.23. The van der Waals surface area contributed by atoms with Crippen LogP contribution >= 0.6 is 0 Å². The molecule has 0 amide bonds. The number of carbonyl (C=O) groups excluding carboxylic acids is 1. The molecule has 0 atom stereocenters. The van der Waals surface area contributed by atoms with Crippen molar-refractivity contribution in [2.24, 2.45) is 15.4 Å². The maximum absolute atomic E-state index is 10.5. The minimum atomic E-state index is 0.234. The van der Waals surface area contributed by atoms with Crippen LogP contribution in [0.15, 0.2) is 15.4 Å². The van der Waals surface area contributed by atoms with Gasteiger partial charge in [0.2, 0.25) is 0 Å². The van der Waals surface area contributed by atoms with Gasteiger partial charge in [-0.05, 0) is 25.0 Å². The number of ketones is 1. The average Bonchev–Trinajstić information content (AvgIpc) is 2.39. The maximum Gasteiger partial charge on any atom is 0.129 e. The molecule has 0 aromatic heterocycles. The predicted molar refractivity (Wildman–Crippen MR) is 41.7 cm³/mol. The van der Waals surface area contributed by atoms with Crippen molar-refractivity contribution in [3.05, 3.63) is 0 Å². The fourth-order valence-electron chi connectivity index (χ4n) is 0.910. The van der Waals surface area contributed by atoms with Gasteiger partial charge in [-0.2, -0.15) is 5.11 Å². The van der Waals surface area contributed by atoms with Crippen LogP contribution in [0.1, 0.15) is 26.2 Å². The van der Waals surface area contributed by atoms with Gasteiger partial charge in [0.1, 0.15) is 12.3 Å². The van der Waals surface area contributed by atoms with Crippen LogP contribution in [0.5, 0.6) is 0 Å². The lowest BCUT2D eigenvalue weighted by atomic mass is 10.1. The SMILES string of the molecule is CC(=O)CCCC1=NN=NC1. The van der Waals surface area contributed by atoms with E-state index in [1.165, 1.54) is 0 Å². The molecule has 11 heavy (non-hydrogen) atoms. The Bertz CT molecular complexity index is 208. The molecule has 0 fully saturated rings. The number of hydrogen-bond acceptors (Lipinski definition) is 4. The summed E-state index contributed by atoms with van der Waals surface area (Å²) >= 11 is 0. The lowest BCUT2D eigenvalue weighted by Crippen LogP contribution is -2.00. The van der Waals surface area contributed by atoms with Crippen molar-refractivity contribution in [1.82, 2.24) is 0 Å². The van der Waals surface area contributed by atoms with Gasteiger partial charge in [-0.1, -0.05) is 0 Å². The predicted octanol–water partition coefficient (Wildman–Crippen LogP) is 1.57. The standard InChI is InChI=1S/C7H11N3O/c1-6(11)3-2-4-7-5-8-10-9-7/h2-5H2,1H3. The topological polar surface area (TPSA) is 54.1 Å². The highest BCUT2D eigenvalue weighted by Crippen LogP contribution is 2.03. The van der Waals surface area contributed by atoms with Crippen LogP contribution in [0.25, 0.3) is 0 Å². The Morgan fingerprint density at radius 3 is 3.00 bits per heavy atom. The van der Waals surface area contributed by atoms with Crippen LogP contribution in [-0.4, -0.2) is 18.0 Å². The molecule has 0 aromatic carbocycles. The molecule has 1 aliphatic rings. The van der Waals surface area contributed by atoms with Crippen molar-refractivity contribution >= 4 is 11.5 Å². The maximum atomic E-state index is 10.5. The van der Waals surface area contributed by atoms with Gasteiger partial charge in [-0.25, -0.2) is 0 Å². The molecule has 0 saturated heterocycles. The lowest BCUT2D eigenvalue weighted by molar-refractivity contribution is -0.117. The van der Waals surface area contributed by atoms with E-state index in [0.717, 1.165) is 18.6 Å². The van der Waals surface area contributed by atoms with Crippen LogP contribution in [-0.2, 0) is 4.79 Å². The van der Waals surface area contributed by atoms with Gasteiger partial charge < -0.3 is 4.79 Å². The lowest BCUT2D eigenvalue weighted by Gasteiger charge is -1.94. The Balaban J connectivity index is 2.09. The van der Waals surface area contributed by atoms with E-state index in [2.05, 4.69) is 15.4 Å². The first kappa shape index (κ1) is 8.04. The van der Waals surface area contributed by atoms with Crippen LogP contribution in [0.4, 0.5) is 0 Å². The highest BCUT2D eigenvalue weighted by atomic mass is 16.1. The normalized spacial score (nSPS) is 15.2. The van der Waals surface area contributed by atoms with Gasteiger partial charge in [-0.15, -0.1) is 5.10 Å². The van der Waals surface area contributed by atoms with E-state index in [1.54, 1.807) is 6.92 Å². The van der Waals surface area contributed by atoms with Gasteiger partial charge in [0.05, 0.1) is 5.71 Å². The number of hydrogen-bond donors (Lipinski definition) is 0. The fourth-order valence-corrected chi connectivity index (χ4v) is 0.910. The third-order valence-corrected chi connectivity index (χ3v) is 1.50. The smallest absolute Gasteiger partial charge is 0.129 e. The summed E-state index contributed by atoms with van der Waals surface area (Å²) in [7, 11) is 0. The third kappa shape index (κ3) is 3.02. The summed E-state index contributed by atoms with van der Waals surface area (Å²) in [4.78, 5) is 10.5. The van der Waals surface area contributed by atoms with Crippen molar-refractivity contribution in [3.63, 3.8) is 0 Å². The first-order valence-electron chi connectivity index (χ1n) is 3.70. The van der Waals surface area contributed by atoms with Gasteiger partial charge in [-0.3, -0.25) is 0 Å². The molecule has 0 aromatic rings. The number of nitrogens with zero attached hydrogens (tertiary/aromatic N) is 3. The molecule has 0 aliphatic carbocycles. The van der Waals surface area contributed by atoms with E-state index in [4.69, 9.17) is 0 Å². The summed E-state index contributed by atoms with van der Waals surface area (Å²) in [5.41, 5.74) is 0.992. The molecule has 0 radical (unpaired) electrons. The Labute approximate surface area is 65.4 Å². The van der Waals surface area contributed by atoms with E-state index < -0.39 is 0 Å². The van der Waals surface area contributed by atoms with Crippen molar-refractivity contribution in [1.29, 1.82) is 0 Å². The van der Waals surface area contributed by atoms with E-state index in [1.807, 2.05) is 0 Å². The fraction of sp³-hybridized carbons (Fsp3) is 0.714. The summed E-state index contributed by atoms with van der Waals surface area (Å²) < 4.78 is 0. The number of carbonyl (C=O) groups is 1. The van der Waals surface area contributed by atoms with Crippen LogP contribution in [0.3, 0.4) is 0 Å². The summed E-state index contributed by atoms with van der Waals surface area (Å²) in [5, 5.41) is 11.0. The minimum absolute atomic E-state index is 0.234. The summed E-state index contributed by atoms with van der Waals surface area (Å²) in [5.74, 6) is 0.234. The first-order valence-corrected chi connectivity index (χ1v) is 3.70. The quantitative estimate of drug-likeness (QED) is 0.604. The largest absolute Gasteiger partial charge is 0.300 e. The van der Waals surface area contributed by atoms with E-state index in [-0.39, 0.29) is 5.78 Å².